The molecule has 3 nitrogen and oxygen atoms in total. The van der Waals surface area contributed by atoms with E-state index in [1.54, 1.807) is 12.3 Å². The number of ketones is 1. The zero-order valence-electron chi connectivity index (χ0n) is 10.2. The van der Waals surface area contributed by atoms with Crippen molar-refractivity contribution in [3.8, 4) is 0 Å². The van der Waals surface area contributed by atoms with Crippen LogP contribution in [-0.2, 0) is 11.2 Å². The van der Waals surface area contributed by atoms with E-state index in [-0.39, 0.29) is 11.2 Å². The van der Waals surface area contributed by atoms with E-state index in [1.165, 1.54) is 0 Å². The fraction of sp³-hybridized carbons (Fsp3) is 0.615. The van der Waals surface area contributed by atoms with E-state index >= 15 is 0 Å². The molecule has 1 aromatic rings. The number of hydrogen-bond donors (Lipinski definition) is 1. The van der Waals surface area contributed by atoms with Crippen LogP contribution in [0.3, 0.4) is 0 Å². The Morgan fingerprint density at radius 1 is 1.44 bits per heavy atom. The van der Waals surface area contributed by atoms with Gasteiger partial charge in [-0.25, -0.2) is 0 Å². The van der Waals surface area contributed by atoms with E-state index in [4.69, 9.17) is 10.2 Å². The maximum Gasteiger partial charge on any atom is 0.140 e. The van der Waals surface area contributed by atoms with Crippen molar-refractivity contribution in [3.05, 3.63) is 24.2 Å². The first kappa shape index (κ1) is 13.0. The maximum absolute atomic E-state index is 11.7. The van der Waals surface area contributed by atoms with Gasteiger partial charge >= 0.3 is 0 Å². The number of carbonyl (C=O) groups is 1. The molecule has 2 N–H and O–H groups in total. The van der Waals surface area contributed by atoms with Crippen LogP contribution in [0.4, 0.5) is 0 Å². The number of hydrogen-bond acceptors (Lipinski definition) is 3. The molecule has 0 unspecified atom stereocenters. The first-order chi connectivity index (χ1) is 7.53. The number of rotatable bonds is 7. The van der Waals surface area contributed by atoms with Crippen molar-refractivity contribution in [2.45, 2.75) is 39.5 Å². The highest BCUT2D eigenvalue weighted by molar-refractivity contribution is 5.80. The molecule has 0 amide bonds. The molecule has 1 heterocycles. The molecule has 0 saturated carbocycles. The average Bonchev–Trinajstić information content (AvgIpc) is 2.68. The van der Waals surface area contributed by atoms with Crippen LogP contribution >= 0.6 is 0 Å². The summed E-state index contributed by atoms with van der Waals surface area (Å²) in [4.78, 5) is 11.7. The highest BCUT2D eigenvalue weighted by Crippen LogP contribution is 2.26. The third-order valence-electron chi connectivity index (χ3n) is 2.85. The summed E-state index contributed by atoms with van der Waals surface area (Å²) in [6, 6.07) is 3.64. The molecule has 90 valence electrons. The highest BCUT2D eigenvalue weighted by Gasteiger charge is 2.18. The number of Topliss-reactive ketones (excluding diaryl/α,β-unsaturated/α-hetero) is 1. The third-order valence-corrected chi connectivity index (χ3v) is 2.85. The molecule has 1 aromatic heterocycles. The maximum atomic E-state index is 11.7. The summed E-state index contributed by atoms with van der Waals surface area (Å²) < 4.78 is 5.14. The van der Waals surface area contributed by atoms with Crippen LogP contribution in [0.15, 0.2) is 22.8 Å². The van der Waals surface area contributed by atoms with Crippen LogP contribution in [0.2, 0.25) is 0 Å². The van der Waals surface area contributed by atoms with Gasteiger partial charge in [0.25, 0.3) is 0 Å². The van der Waals surface area contributed by atoms with Crippen LogP contribution < -0.4 is 5.73 Å². The van der Waals surface area contributed by atoms with Crippen molar-refractivity contribution < 1.29 is 9.21 Å². The minimum absolute atomic E-state index is 0.160. The summed E-state index contributed by atoms with van der Waals surface area (Å²) in [5.41, 5.74) is 5.69. The minimum Gasteiger partial charge on any atom is -0.469 e. The fourth-order valence-electron chi connectivity index (χ4n) is 1.69. The second-order valence-electron chi connectivity index (χ2n) is 5.00. The Hall–Kier alpha value is -1.09. The predicted octanol–water partition coefficient (Wildman–Crippen LogP) is 2.55. The lowest BCUT2D eigenvalue weighted by atomic mass is 9.83. The normalized spacial score (nSPS) is 11.7. The Morgan fingerprint density at radius 2 is 2.19 bits per heavy atom. The summed E-state index contributed by atoms with van der Waals surface area (Å²) in [6.07, 6.45) is 4.46. The van der Waals surface area contributed by atoms with E-state index in [0.717, 1.165) is 18.6 Å². The lowest BCUT2D eigenvalue weighted by Crippen LogP contribution is -2.18. The molecular weight excluding hydrogens is 202 g/mol. The van der Waals surface area contributed by atoms with Crippen LogP contribution in [0.1, 0.15) is 38.9 Å². The quantitative estimate of drug-likeness (QED) is 0.772. The van der Waals surface area contributed by atoms with Gasteiger partial charge in [0.05, 0.1) is 12.7 Å². The van der Waals surface area contributed by atoms with Gasteiger partial charge in [0.1, 0.15) is 11.5 Å². The first-order valence-corrected chi connectivity index (χ1v) is 5.78. The molecule has 3 heteroatoms. The van der Waals surface area contributed by atoms with Gasteiger partial charge in [-0.15, -0.1) is 0 Å². The van der Waals surface area contributed by atoms with E-state index in [0.29, 0.717) is 19.4 Å². The summed E-state index contributed by atoms with van der Waals surface area (Å²) in [5, 5.41) is 0. The Morgan fingerprint density at radius 3 is 2.75 bits per heavy atom. The van der Waals surface area contributed by atoms with Crippen LogP contribution in [-0.4, -0.2) is 12.3 Å². The SMILES string of the molecule is CC(C)(CCN)CCC(=O)Cc1ccco1. The average molecular weight is 223 g/mol. The number of nitrogens with two attached hydrogens (primary N) is 1. The smallest absolute Gasteiger partial charge is 0.140 e. The Bertz CT molecular complexity index is 315. The van der Waals surface area contributed by atoms with Crippen molar-refractivity contribution in [2.75, 3.05) is 6.54 Å². The molecule has 0 aliphatic carbocycles. The molecule has 1 rings (SSSR count). The Labute approximate surface area is 97.0 Å². The summed E-state index contributed by atoms with van der Waals surface area (Å²) in [7, 11) is 0. The van der Waals surface area contributed by atoms with Crippen LogP contribution in [0.25, 0.3) is 0 Å². The van der Waals surface area contributed by atoms with Gasteiger partial charge in [-0.2, -0.15) is 0 Å². The van der Waals surface area contributed by atoms with E-state index < -0.39 is 0 Å². The van der Waals surface area contributed by atoms with E-state index in [9.17, 15) is 4.79 Å². The van der Waals surface area contributed by atoms with Gasteiger partial charge in [-0.05, 0) is 36.9 Å². The van der Waals surface area contributed by atoms with Gasteiger partial charge in [0.15, 0.2) is 0 Å². The van der Waals surface area contributed by atoms with Crippen LogP contribution in [0, 0.1) is 5.41 Å². The third kappa shape index (κ3) is 4.62. The van der Waals surface area contributed by atoms with E-state index in [2.05, 4.69) is 13.8 Å². The first-order valence-electron chi connectivity index (χ1n) is 5.78. The lowest BCUT2D eigenvalue weighted by molar-refractivity contribution is -0.119. The molecule has 0 saturated heterocycles. The fourth-order valence-corrected chi connectivity index (χ4v) is 1.69. The highest BCUT2D eigenvalue weighted by atomic mass is 16.3. The number of furan rings is 1. The topological polar surface area (TPSA) is 56.2 Å². The Balaban J connectivity index is 2.30. The standard InChI is InChI=1S/C13H21NO2/c1-13(2,7-8-14)6-5-11(15)10-12-4-3-9-16-12/h3-4,9H,5-8,10,14H2,1-2H3. The summed E-state index contributed by atoms with van der Waals surface area (Å²) in [6.45, 7) is 4.99. The Kier molecular flexibility index (Phi) is 4.74. The lowest BCUT2D eigenvalue weighted by Gasteiger charge is -2.23. The molecule has 16 heavy (non-hydrogen) atoms. The summed E-state index contributed by atoms with van der Waals surface area (Å²) in [5.74, 6) is 0.988. The van der Waals surface area contributed by atoms with Crippen molar-refractivity contribution in [2.24, 2.45) is 11.1 Å². The van der Waals surface area contributed by atoms with Crippen molar-refractivity contribution in [1.29, 1.82) is 0 Å². The molecule has 0 atom stereocenters. The molecule has 0 radical (unpaired) electrons. The zero-order valence-corrected chi connectivity index (χ0v) is 10.2. The van der Waals surface area contributed by atoms with Crippen LogP contribution in [0.5, 0.6) is 0 Å². The molecule has 0 aliphatic heterocycles. The summed E-state index contributed by atoms with van der Waals surface area (Å²) >= 11 is 0. The monoisotopic (exact) mass is 223 g/mol. The predicted molar refractivity (Wildman–Crippen MR) is 64.1 cm³/mol. The second-order valence-corrected chi connectivity index (χ2v) is 5.00. The molecule has 0 fully saturated rings. The van der Waals surface area contributed by atoms with E-state index in [1.807, 2.05) is 6.07 Å². The largest absolute Gasteiger partial charge is 0.469 e. The molecular formula is C13H21NO2. The number of carbonyl (C=O) groups excluding carboxylic acids is 1. The minimum atomic E-state index is 0.160. The van der Waals surface area contributed by atoms with Crippen molar-refractivity contribution in [1.82, 2.24) is 0 Å². The van der Waals surface area contributed by atoms with Crippen molar-refractivity contribution in [3.63, 3.8) is 0 Å². The van der Waals surface area contributed by atoms with Crippen molar-refractivity contribution >= 4 is 5.78 Å². The molecule has 0 spiro atoms. The molecule has 0 aromatic carbocycles. The van der Waals surface area contributed by atoms with Gasteiger partial charge in [-0.1, -0.05) is 13.8 Å². The van der Waals surface area contributed by atoms with Gasteiger partial charge in [-0.3, -0.25) is 4.79 Å². The molecule has 0 bridgehead atoms. The zero-order chi connectivity index (χ0) is 12.0. The molecule has 0 aliphatic rings. The van der Waals surface area contributed by atoms with Gasteiger partial charge in [0, 0.05) is 6.42 Å². The van der Waals surface area contributed by atoms with Gasteiger partial charge in [0.2, 0.25) is 0 Å². The van der Waals surface area contributed by atoms with Gasteiger partial charge < -0.3 is 10.2 Å². The second kappa shape index (κ2) is 5.85.